The molecule has 0 bridgehead atoms. The molecule has 1 saturated heterocycles. The summed E-state index contributed by atoms with van der Waals surface area (Å²) in [6.45, 7) is 12.7. The zero-order valence-electron chi connectivity index (χ0n) is 18.1. The molecule has 0 spiro atoms. The van der Waals surface area contributed by atoms with Crippen molar-refractivity contribution in [2.45, 2.75) is 58.7 Å². The number of nitrogens with zero attached hydrogens (tertiary/aromatic N) is 3. The number of aryl methyl sites for hydroxylation is 1. The third-order valence-electron chi connectivity index (χ3n) is 4.92. The van der Waals surface area contributed by atoms with Crippen molar-refractivity contribution < 1.29 is 14.3 Å². The molecule has 0 radical (unpaired) electrons. The Morgan fingerprint density at radius 3 is 2.69 bits per heavy atom. The molecule has 2 aromatic rings. The van der Waals surface area contributed by atoms with Gasteiger partial charge in [-0.3, -0.25) is 4.79 Å². The number of nitrogens with one attached hydrogen (secondary N) is 2. The predicted octanol–water partition coefficient (Wildman–Crippen LogP) is 2.20. The number of ether oxygens (including phenoxy) is 1. The van der Waals surface area contributed by atoms with Gasteiger partial charge in [-0.2, -0.15) is 0 Å². The van der Waals surface area contributed by atoms with E-state index >= 15 is 0 Å². The molecule has 8 nitrogen and oxygen atoms in total. The zero-order chi connectivity index (χ0) is 21.4. The number of pyridine rings is 1. The summed E-state index contributed by atoms with van der Waals surface area (Å²) >= 11 is 0. The Hall–Kier alpha value is -2.61. The first kappa shape index (κ1) is 21.1. The molecule has 3 heterocycles. The lowest BCUT2D eigenvalue weighted by molar-refractivity contribution is -0.125. The number of hydrogen-bond acceptors (Lipinski definition) is 5. The fraction of sp³-hybridized carbons (Fsp3) is 0.571. The molecule has 0 unspecified atom stereocenters. The van der Waals surface area contributed by atoms with Crippen molar-refractivity contribution in [3.63, 3.8) is 0 Å². The van der Waals surface area contributed by atoms with Gasteiger partial charge < -0.3 is 24.7 Å². The Labute approximate surface area is 171 Å². The van der Waals surface area contributed by atoms with Crippen molar-refractivity contribution in [2.75, 3.05) is 19.6 Å². The lowest BCUT2D eigenvalue weighted by Crippen LogP contribution is -2.60. The van der Waals surface area contributed by atoms with E-state index in [0.717, 1.165) is 16.9 Å². The molecule has 2 aromatic heterocycles. The molecular weight excluding hydrogens is 370 g/mol. The molecule has 29 heavy (non-hydrogen) atoms. The van der Waals surface area contributed by atoms with E-state index in [2.05, 4.69) is 15.6 Å². The molecule has 1 fully saturated rings. The number of imidazole rings is 1. The van der Waals surface area contributed by atoms with E-state index in [1.54, 1.807) is 4.90 Å². The van der Waals surface area contributed by atoms with E-state index in [1.807, 2.05) is 70.5 Å². The van der Waals surface area contributed by atoms with Crippen LogP contribution in [0.2, 0.25) is 0 Å². The van der Waals surface area contributed by atoms with Crippen LogP contribution >= 0.6 is 0 Å². The molecule has 0 aromatic carbocycles. The van der Waals surface area contributed by atoms with Crippen LogP contribution in [0.5, 0.6) is 0 Å². The first-order valence-corrected chi connectivity index (χ1v) is 9.94. The van der Waals surface area contributed by atoms with Crippen molar-refractivity contribution in [1.29, 1.82) is 0 Å². The first-order chi connectivity index (χ1) is 13.5. The number of fused-ring (bicyclic) bond motifs is 1. The SMILES string of the molecule is Cc1cccn2c(C(C)(C)NC(=O)[C@@H]3CN(C(=O)OC(C)(C)C)CCN3)ncc12. The average Bonchev–Trinajstić information content (AvgIpc) is 3.06. The molecule has 158 valence electrons. The maximum atomic E-state index is 13.0. The summed E-state index contributed by atoms with van der Waals surface area (Å²) < 4.78 is 7.44. The Balaban J connectivity index is 1.71. The number of amides is 2. The Kier molecular flexibility index (Phi) is 5.58. The average molecular weight is 402 g/mol. The Morgan fingerprint density at radius 2 is 2.00 bits per heavy atom. The van der Waals surface area contributed by atoms with Gasteiger partial charge in [0.25, 0.3) is 0 Å². The molecule has 8 heteroatoms. The van der Waals surface area contributed by atoms with Gasteiger partial charge in [-0.1, -0.05) is 6.07 Å². The van der Waals surface area contributed by atoms with Crippen molar-refractivity contribution >= 4 is 17.5 Å². The van der Waals surface area contributed by atoms with Crippen LogP contribution in [0.4, 0.5) is 4.79 Å². The number of piperazine rings is 1. The van der Waals surface area contributed by atoms with Gasteiger partial charge in [0.05, 0.1) is 17.3 Å². The fourth-order valence-corrected chi connectivity index (χ4v) is 3.49. The summed E-state index contributed by atoms with van der Waals surface area (Å²) in [6, 6.07) is 3.49. The Bertz CT molecular complexity index is 913. The van der Waals surface area contributed by atoms with E-state index in [0.29, 0.717) is 13.1 Å². The molecule has 0 saturated carbocycles. The van der Waals surface area contributed by atoms with Crippen molar-refractivity contribution in [2.24, 2.45) is 0 Å². The largest absolute Gasteiger partial charge is 0.444 e. The Morgan fingerprint density at radius 1 is 1.28 bits per heavy atom. The van der Waals surface area contributed by atoms with E-state index < -0.39 is 23.3 Å². The maximum absolute atomic E-state index is 13.0. The summed E-state index contributed by atoms with van der Waals surface area (Å²) in [5.74, 6) is 0.581. The lowest BCUT2D eigenvalue weighted by atomic mass is 10.0. The van der Waals surface area contributed by atoms with Crippen LogP contribution in [0, 0.1) is 6.92 Å². The summed E-state index contributed by atoms with van der Waals surface area (Å²) in [6.07, 6.45) is 3.37. The van der Waals surface area contributed by atoms with Gasteiger partial charge in [-0.15, -0.1) is 0 Å². The van der Waals surface area contributed by atoms with Gasteiger partial charge >= 0.3 is 6.09 Å². The van der Waals surface area contributed by atoms with E-state index in [9.17, 15) is 9.59 Å². The van der Waals surface area contributed by atoms with Gasteiger partial charge in [0.2, 0.25) is 5.91 Å². The second-order valence-corrected chi connectivity index (χ2v) is 9.08. The van der Waals surface area contributed by atoms with Gasteiger partial charge in [0.1, 0.15) is 17.5 Å². The van der Waals surface area contributed by atoms with Gasteiger partial charge in [-0.05, 0) is 53.2 Å². The molecule has 0 aliphatic carbocycles. The number of rotatable bonds is 3. The molecule has 1 aliphatic rings. The van der Waals surface area contributed by atoms with Crippen molar-refractivity contribution in [1.82, 2.24) is 24.9 Å². The van der Waals surface area contributed by atoms with Gasteiger partial charge in [0, 0.05) is 25.8 Å². The van der Waals surface area contributed by atoms with E-state index in [4.69, 9.17) is 4.74 Å². The molecular formula is C21H31N5O3. The number of carbonyl (C=O) groups is 2. The van der Waals surface area contributed by atoms with Crippen LogP contribution in [0.1, 0.15) is 46.0 Å². The second kappa shape index (κ2) is 7.67. The highest BCUT2D eigenvalue weighted by Crippen LogP contribution is 2.22. The summed E-state index contributed by atoms with van der Waals surface area (Å²) in [5, 5.41) is 6.28. The number of carbonyl (C=O) groups excluding carboxylic acids is 2. The normalized spacial score (nSPS) is 18.0. The first-order valence-electron chi connectivity index (χ1n) is 9.94. The third-order valence-corrected chi connectivity index (χ3v) is 4.92. The standard InChI is InChI=1S/C21H31N5O3/c1-14-8-7-10-26-16(14)12-23-18(26)21(5,6)24-17(27)15-13-25(11-9-22-15)19(28)29-20(2,3)4/h7-8,10,12,15,22H,9,11,13H2,1-6H3,(H,24,27)/t15-/m0/s1. The topological polar surface area (TPSA) is 88.0 Å². The molecule has 3 rings (SSSR count). The molecule has 1 aliphatic heterocycles. The van der Waals surface area contributed by atoms with Gasteiger partial charge in [0.15, 0.2) is 0 Å². The van der Waals surface area contributed by atoms with E-state index in [1.165, 1.54) is 0 Å². The smallest absolute Gasteiger partial charge is 0.410 e. The maximum Gasteiger partial charge on any atom is 0.410 e. The highest BCUT2D eigenvalue weighted by molar-refractivity contribution is 5.83. The fourth-order valence-electron chi connectivity index (χ4n) is 3.49. The van der Waals surface area contributed by atoms with Crippen molar-refractivity contribution in [3.05, 3.63) is 35.9 Å². The molecule has 2 N–H and O–H groups in total. The van der Waals surface area contributed by atoms with Crippen LogP contribution in [-0.2, 0) is 15.1 Å². The minimum atomic E-state index is -0.687. The minimum absolute atomic E-state index is 0.173. The lowest BCUT2D eigenvalue weighted by Gasteiger charge is -2.35. The predicted molar refractivity (Wildman–Crippen MR) is 111 cm³/mol. The second-order valence-electron chi connectivity index (χ2n) is 9.08. The third kappa shape index (κ3) is 4.70. The highest BCUT2D eigenvalue weighted by Gasteiger charge is 2.34. The quantitative estimate of drug-likeness (QED) is 0.823. The minimum Gasteiger partial charge on any atom is -0.444 e. The number of hydrogen-bond donors (Lipinski definition) is 2. The van der Waals surface area contributed by atoms with Crippen LogP contribution in [0.3, 0.4) is 0 Å². The highest BCUT2D eigenvalue weighted by atomic mass is 16.6. The molecule has 1 atom stereocenters. The van der Waals surface area contributed by atoms with Crippen LogP contribution in [-0.4, -0.2) is 57.6 Å². The van der Waals surface area contributed by atoms with Crippen LogP contribution in [0.15, 0.2) is 24.5 Å². The molecule has 2 amide bonds. The van der Waals surface area contributed by atoms with Crippen molar-refractivity contribution in [3.8, 4) is 0 Å². The monoisotopic (exact) mass is 401 g/mol. The van der Waals surface area contributed by atoms with Crippen LogP contribution in [0.25, 0.3) is 5.52 Å². The zero-order valence-corrected chi connectivity index (χ0v) is 18.1. The van der Waals surface area contributed by atoms with E-state index in [-0.39, 0.29) is 12.5 Å². The van der Waals surface area contributed by atoms with Crippen LogP contribution < -0.4 is 10.6 Å². The van der Waals surface area contributed by atoms with Gasteiger partial charge in [-0.25, -0.2) is 9.78 Å². The number of aromatic nitrogens is 2. The summed E-state index contributed by atoms with van der Waals surface area (Å²) in [5.41, 5.74) is 0.876. The summed E-state index contributed by atoms with van der Waals surface area (Å²) in [4.78, 5) is 31.5. The summed E-state index contributed by atoms with van der Waals surface area (Å²) in [7, 11) is 0.